The van der Waals surface area contributed by atoms with Crippen LogP contribution in [-0.4, -0.2) is 24.4 Å². The summed E-state index contributed by atoms with van der Waals surface area (Å²) < 4.78 is 5.44. The molecule has 0 bridgehead atoms. The molecular formula is C16H17NO3. The first-order chi connectivity index (χ1) is 9.74. The normalized spacial score (nSPS) is 10.0. The summed E-state index contributed by atoms with van der Waals surface area (Å²) in [5, 5.41) is 10.7. The average Bonchev–Trinajstić information content (AvgIpc) is 2.46. The molecule has 20 heavy (non-hydrogen) atoms. The van der Waals surface area contributed by atoms with Gasteiger partial charge in [0.1, 0.15) is 12.4 Å². The van der Waals surface area contributed by atoms with E-state index in [2.05, 4.69) is 17.4 Å². The lowest BCUT2D eigenvalue weighted by molar-refractivity contribution is 0.191. The summed E-state index contributed by atoms with van der Waals surface area (Å²) in [6.07, 6.45) is -0.145. The Balaban J connectivity index is 1.82. The molecule has 0 heterocycles. The SMILES string of the molecule is O=C(O)NCCOc1ccc(Cc2ccccc2)cc1. The van der Waals surface area contributed by atoms with Crippen LogP contribution in [0.4, 0.5) is 4.79 Å². The summed E-state index contributed by atoms with van der Waals surface area (Å²) in [7, 11) is 0. The van der Waals surface area contributed by atoms with Crippen LogP contribution in [0.15, 0.2) is 54.6 Å². The number of carbonyl (C=O) groups is 1. The third kappa shape index (κ3) is 4.65. The van der Waals surface area contributed by atoms with E-state index >= 15 is 0 Å². The van der Waals surface area contributed by atoms with Crippen LogP contribution in [0.25, 0.3) is 0 Å². The van der Waals surface area contributed by atoms with Gasteiger partial charge in [-0.05, 0) is 29.7 Å². The molecule has 0 fully saturated rings. The van der Waals surface area contributed by atoms with Gasteiger partial charge in [0.05, 0.1) is 6.54 Å². The van der Waals surface area contributed by atoms with Crippen molar-refractivity contribution in [2.24, 2.45) is 0 Å². The lowest BCUT2D eigenvalue weighted by Crippen LogP contribution is -2.26. The Bertz CT molecular complexity index is 537. The van der Waals surface area contributed by atoms with Crippen LogP contribution < -0.4 is 10.1 Å². The third-order valence-corrected chi connectivity index (χ3v) is 2.82. The van der Waals surface area contributed by atoms with Gasteiger partial charge in [0.2, 0.25) is 0 Å². The van der Waals surface area contributed by atoms with E-state index in [1.165, 1.54) is 11.1 Å². The zero-order chi connectivity index (χ0) is 14.2. The number of amides is 1. The molecule has 0 aliphatic rings. The van der Waals surface area contributed by atoms with Gasteiger partial charge in [-0.3, -0.25) is 0 Å². The minimum atomic E-state index is -1.04. The summed E-state index contributed by atoms with van der Waals surface area (Å²) >= 11 is 0. The summed E-state index contributed by atoms with van der Waals surface area (Å²) in [5.74, 6) is 0.744. The van der Waals surface area contributed by atoms with Crippen LogP contribution in [0.1, 0.15) is 11.1 Å². The van der Waals surface area contributed by atoms with Gasteiger partial charge in [0, 0.05) is 0 Å². The minimum absolute atomic E-state index is 0.279. The van der Waals surface area contributed by atoms with Gasteiger partial charge < -0.3 is 15.2 Å². The quantitative estimate of drug-likeness (QED) is 0.794. The predicted molar refractivity (Wildman–Crippen MR) is 77.2 cm³/mol. The number of carboxylic acid groups (broad SMARTS) is 1. The molecular weight excluding hydrogens is 254 g/mol. The lowest BCUT2D eigenvalue weighted by Gasteiger charge is -2.07. The second kappa shape index (κ2) is 7.19. The number of nitrogens with one attached hydrogen (secondary N) is 1. The molecule has 1 amide bonds. The van der Waals surface area contributed by atoms with Crippen LogP contribution in [0.5, 0.6) is 5.75 Å². The molecule has 4 nitrogen and oxygen atoms in total. The first-order valence-corrected chi connectivity index (χ1v) is 6.46. The van der Waals surface area contributed by atoms with Gasteiger partial charge in [-0.25, -0.2) is 4.79 Å². The highest BCUT2D eigenvalue weighted by molar-refractivity contribution is 5.64. The molecule has 0 unspecified atom stereocenters. The van der Waals surface area contributed by atoms with E-state index in [0.29, 0.717) is 6.61 Å². The Morgan fingerprint density at radius 2 is 1.65 bits per heavy atom. The molecule has 104 valence electrons. The second-order valence-electron chi connectivity index (χ2n) is 4.39. The predicted octanol–water partition coefficient (Wildman–Crippen LogP) is 2.92. The average molecular weight is 271 g/mol. The van der Waals surface area contributed by atoms with Crippen LogP contribution in [0.3, 0.4) is 0 Å². The summed E-state index contributed by atoms with van der Waals surface area (Å²) in [4.78, 5) is 10.3. The molecule has 0 atom stereocenters. The van der Waals surface area contributed by atoms with E-state index in [4.69, 9.17) is 9.84 Å². The van der Waals surface area contributed by atoms with Gasteiger partial charge in [0.15, 0.2) is 0 Å². The van der Waals surface area contributed by atoms with E-state index in [9.17, 15) is 4.79 Å². The third-order valence-electron chi connectivity index (χ3n) is 2.82. The van der Waals surface area contributed by atoms with Gasteiger partial charge in [-0.1, -0.05) is 42.5 Å². The van der Waals surface area contributed by atoms with Crippen molar-refractivity contribution in [3.63, 3.8) is 0 Å². The van der Waals surface area contributed by atoms with E-state index < -0.39 is 6.09 Å². The van der Waals surface area contributed by atoms with E-state index in [1.54, 1.807) is 0 Å². The van der Waals surface area contributed by atoms with Gasteiger partial charge in [-0.2, -0.15) is 0 Å². The number of benzene rings is 2. The molecule has 0 aromatic heterocycles. The topological polar surface area (TPSA) is 58.6 Å². The van der Waals surface area contributed by atoms with Crippen LogP contribution in [0, 0.1) is 0 Å². The Morgan fingerprint density at radius 3 is 2.30 bits per heavy atom. The van der Waals surface area contributed by atoms with E-state index in [-0.39, 0.29) is 6.54 Å². The van der Waals surface area contributed by atoms with Gasteiger partial charge >= 0.3 is 6.09 Å². The number of ether oxygens (including phenoxy) is 1. The lowest BCUT2D eigenvalue weighted by atomic mass is 10.1. The minimum Gasteiger partial charge on any atom is -0.492 e. The first kappa shape index (κ1) is 13.9. The molecule has 4 heteroatoms. The zero-order valence-corrected chi connectivity index (χ0v) is 11.1. The Hall–Kier alpha value is -2.49. The monoisotopic (exact) mass is 271 g/mol. The molecule has 0 saturated heterocycles. The Kier molecular flexibility index (Phi) is 5.00. The van der Waals surface area contributed by atoms with Crippen molar-refractivity contribution in [3.8, 4) is 5.75 Å². The Labute approximate surface area is 118 Å². The fourth-order valence-corrected chi connectivity index (χ4v) is 1.86. The fraction of sp³-hybridized carbons (Fsp3) is 0.188. The smallest absolute Gasteiger partial charge is 0.404 e. The molecule has 0 aliphatic carbocycles. The van der Waals surface area contributed by atoms with Gasteiger partial charge in [-0.15, -0.1) is 0 Å². The van der Waals surface area contributed by atoms with Crippen molar-refractivity contribution < 1.29 is 14.6 Å². The van der Waals surface area contributed by atoms with E-state index in [1.807, 2.05) is 42.5 Å². The van der Waals surface area contributed by atoms with Crippen LogP contribution in [0.2, 0.25) is 0 Å². The van der Waals surface area contributed by atoms with E-state index in [0.717, 1.165) is 12.2 Å². The summed E-state index contributed by atoms with van der Waals surface area (Å²) in [5.41, 5.74) is 2.49. The largest absolute Gasteiger partial charge is 0.492 e. The van der Waals surface area contributed by atoms with Crippen LogP contribution in [-0.2, 0) is 6.42 Å². The van der Waals surface area contributed by atoms with Crippen LogP contribution >= 0.6 is 0 Å². The highest BCUT2D eigenvalue weighted by Crippen LogP contribution is 2.15. The summed E-state index contributed by atoms with van der Waals surface area (Å²) in [6, 6.07) is 18.1. The van der Waals surface area contributed by atoms with Crippen molar-refractivity contribution in [2.75, 3.05) is 13.2 Å². The molecule has 0 radical (unpaired) electrons. The number of rotatable bonds is 6. The maximum absolute atomic E-state index is 10.3. The Morgan fingerprint density at radius 1 is 1.00 bits per heavy atom. The van der Waals surface area contributed by atoms with Crippen molar-refractivity contribution in [1.82, 2.24) is 5.32 Å². The standard InChI is InChI=1S/C16H17NO3/c18-16(19)17-10-11-20-15-8-6-14(7-9-15)12-13-4-2-1-3-5-13/h1-9,17H,10-12H2,(H,18,19). The molecule has 2 aromatic rings. The molecule has 0 saturated carbocycles. The molecule has 0 spiro atoms. The van der Waals surface area contributed by atoms with Crippen molar-refractivity contribution in [3.05, 3.63) is 65.7 Å². The number of hydrogen-bond donors (Lipinski definition) is 2. The molecule has 2 aromatic carbocycles. The van der Waals surface area contributed by atoms with Crippen molar-refractivity contribution >= 4 is 6.09 Å². The fourth-order valence-electron chi connectivity index (χ4n) is 1.86. The molecule has 2 N–H and O–H groups in total. The first-order valence-electron chi connectivity index (χ1n) is 6.46. The highest BCUT2D eigenvalue weighted by atomic mass is 16.5. The van der Waals surface area contributed by atoms with Crippen molar-refractivity contribution in [1.29, 1.82) is 0 Å². The van der Waals surface area contributed by atoms with Crippen molar-refractivity contribution in [2.45, 2.75) is 6.42 Å². The highest BCUT2D eigenvalue weighted by Gasteiger charge is 1.98. The summed E-state index contributed by atoms with van der Waals surface area (Å²) in [6.45, 7) is 0.603. The zero-order valence-electron chi connectivity index (χ0n) is 11.1. The number of hydrogen-bond acceptors (Lipinski definition) is 2. The van der Waals surface area contributed by atoms with Gasteiger partial charge in [0.25, 0.3) is 0 Å². The second-order valence-corrected chi connectivity index (χ2v) is 4.39. The maximum Gasteiger partial charge on any atom is 0.404 e. The molecule has 0 aliphatic heterocycles. The molecule has 2 rings (SSSR count). The maximum atomic E-state index is 10.3.